The lowest BCUT2D eigenvalue weighted by molar-refractivity contribution is 0.618. The number of benzene rings is 2. The van der Waals surface area contributed by atoms with E-state index in [4.69, 9.17) is 23.2 Å². The molecule has 0 heterocycles. The lowest BCUT2D eigenvalue weighted by Gasteiger charge is -2.13. The molecule has 0 saturated heterocycles. The summed E-state index contributed by atoms with van der Waals surface area (Å²) >= 11 is 15.6. The summed E-state index contributed by atoms with van der Waals surface area (Å²) in [5.74, 6) is -0.208. The van der Waals surface area contributed by atoms with Crippen molar-refractivity contribution in [1.29, 1.82) is 0 Å². The van der Waals surface area contributed by atoms with Crippen molar-refractivity contribution in [3.05, 3.63) is 69.0 Å². The van der Waals surface area contributed by atoms with Crippen molar-refractivity contribution in [2.45, 2.75) is 11.8 Å². The lowest BCUT2D eigenvalue weighted by Crippen LogP contribution is -1.95. The van der Waals surface area contributed by atoms with Gasteiger partial charge in [0.05, 0.1) is 4.83 Å². The molecule has 0 nitrogen and oxygen atoms in total. The second kappa shape index (κ2) is 5.60. The summed E-state index contributed by atoms with van der Waals surface area (Å²) in [5, 5.41) is 1.19. The second-order valence-electron chi connectivity index (χ2n) is 4.04. The van der Waals surface area contributed by atoms with Gasteiger partial charge in [-0.25, -0.2) is 4.39 Å². The van der Waals surface area contributed by atoms with Gasteiger partial charge in [0.25, 0.3) is 0 Å². The number of halogens is 4. The zero-order valence-electron chi connectivity index (χ0n) is 9.55. The van der Waals surface area contributed by atoms with Gasteiger partial charge in [-0.2, -0.15) is 0 Å². The van der Waals surface area contributed by atoms with Gasteiger partial charge >= 0.3 is 0 Å². The third-order valence-corrected chi connectivity index (χ3v) is 4.29. The van der Waals surface area contributed by atoms with E-state index in [9.17, 15) is 4.39 Å². The molecule has 2 aromatic rings. The summed E-state index contributed by atoms with van der Waals surface area (Å²) in [6, 6.07) is 10.4. The Labute approximate surface area is 124 Å². The van der Waals surface area contributed by atoms with Crippen LogP contribution in [0.4, 0.5) is 4.39 Å². The Morgan fingerprint density at radius 3 is 2.44 bits per heavy atom. The average molecular weight is 348 g/mol. The summed E-state index contributed by atoms with van der Waals surface area (Å²) in [7, 11) is 0. The Morgan fingerprint density at radius 1 is 1.11 bits per heavy atom. The first-order chi connectivity index (χ1) is 8.49. The second-order valence-corrected chi connectivity index (χ2v) is 5.80. The standard InChI is InChI=1S/C14H10BrCl2F/c1-8-6-9(2-5-13(8)18)14(15)11-4-3-10(16)7-12(11)17/h2-7,14H,1H3. The maximum Gasteiger partial charge on any atom is 0.126 e. The predicted molar refractivity (Wildman–Crippen MR) is 78.4 cm³/mol. The van der Waals surface area contributed by atoms with E-state index in [1.807, 2.05) is 6.07 Å². The molecule has 94 valence electrons. The van der Waals surface area contributed by atoms with Crippen molar-refractivity contribution < 1.29 is 4.39 Å². The van der Waals surface area contributed by atoms with Crippen molar-refractivity contribution in [2.75, 3.05) is 0 Å². The quantitative estimate of drug-likeness (QED) is 0.591. The van der Waals surface area contributed by atoms with Gasteiger partial charge in [-0.05, 0) is 41.8 Å². The number of aryl methyl sites for hydroxylation is 1. The van der Waals surface area contributed by atoms with E-state index in [2.05, 4.69) is 15.9 Å². The molecule has 0 aliphatic heterocycles. The molecule has 18 heavy (non-hydrogen) atoms. The fourth-order valence-electron chi connectivity index (χ4n) is 1.71. The van der Waals surface area contributed by atoms with Crippen LogP contribution in [-0.4, -0.2) is 0 Å². The normalized spacial score (nSPS) is 12.5. The molecule has 0 N–H and O–H groups in total. The molecule has 0 radical (unpaired) electrons. The van der Waals surface area contributed by atoms with Crippen LogP contribution in [0.15, 0.2) is 36.4 Å². The Morgan fingerprint density at radius 2 is 1.83 bits per heavy atom. The van der Waals surface area contributed by atoms with Gasteiger partial charge in [0.1, 0.15) is 5.82 Å². The van der Waals surface area contributed by atoms with Crippen molar-refractivity contribution in [1.82, 2.24) is 0 Å². The first-order valence-electron chi connectivity index (χ1n) is 5.34. The molecule has 0 bridgehead atoms. The molecule has 0 saturated carbocycles. The van der Waals surface area contributed by atoms with Crippen LogP contribution in [-0.2, 0) is 0 Å². The molecule has 0 aliphatic carbocycles. The largest absolute Gasteiger partial charge is 0.207 e. The summed E-state index contributed by atoms with van der Waals surface area (Å²) in [6.07, 6.45) is 0. The van der Waals surface area contributed by atoms with Crippen LogP contribution in [0, 0.1) is 12.7 Å². The van der Waals surface area contributed by atoms with Gasteiger partial charge in [0.15, 0.2) is 0 Å². The highest BCUT2D eigenvalue weighted by Crippen LogP contribution is 2.36. The minimum Gasteiger partial charge on any atom is -0.207 e. The number of alkyl halides is 1. The summed E-state index contributed by atoms with van der Waals surface area (Å²) in [4.78, 5) is -0.0819. The SMILES string of the molecule is Cc1cc(C(Br)c2ccc(Cl)cc2Cl)ccc1F. The van der Waals surface area contributed by atoms with Crippen molar-refractivity contribution in [3.8, 4) is 0 Å². The zero-order valence-corrected chi connectivity index (χ0v) is 12.7. The fourth-order valence-corrected chi connectivity index (χ4v) is 3.05. The van der Waals surface area contributed by atoms with Crippen molar-refractivity contribution in [3.63, 3.8) is 0 Å². The van der Waals surface area contributed by atoms with E-state index in [1.54, 1.807) is 31.2 Å². The van der Waals surface area contributed by atoms with E-state index in [0.29, 0.717) is 15.6 Å². The molecule has 0 spiro atoms. The molecule has 0 aliphatic rings. The zero-order chi connectivity index (χ0) is 13.3. The van der Waals surface area contributed by atoms with E-state index >= 15 is 0 Å². The number of hydrogen-bond acceptors (Lipinski definition) is 0. The van der Waals surface area contributed by atoms with Gasteiger partial charge < -0.3 is 0 Å². The van der Waals surface area contributed by atoms with Crippen LogP contribution in [0.5, 0.6) is 0 Å². The predicted octanol–water partition coefficient (Wildman–Crippen LogP) is 5.93. The molecular formula is C14H10BrCl2F. The Balaban J connectivity index is 2.41. The summed E-state index contributed by atoms with van der Waals surface area (Å²) in [6.45, 7) is 1.74. The topological polar surface area (TPSA) is 0 Å². The highest BCUT2D eigenvalue weighted by molar-refractivity contribution is 9.09. The first kappa shape index (κ1) is 13.9. The maximum absolute atomic E-state index is 13.2. The molecule has 0 amide bonds. The van der Waals surface area contributed by atoms with E-state index in [1.165, 1.54) is 6.07 Å². The number of rotatable bonds is 2. The van der Waals surface area contributed by atoms with Crippen molar-refractivity contribution in [2.24, 2.45) is 0 Å². The van der Waals surface area contributed by atoms with Gasteiger partial charge in [-0.1, -0.05) is 57.3 Å². The van der Waals surface area contributed by atoms with Crippen LogP contribution in [0.1, 0.15) is 21.5 Å². The van der Waals surface area contributed by atoms with Crippen LogP contribution >= 0.6 is 39.1 Å². The Kier molecular flexibility index (Phi) is 4.31. The van der Waals surface area contributed by atoms with Gasteiger partial charge in [0, 0.05) is 10.0 Å². The first-order valence-corrected chi connectivity index (χ1v) is 7.01. The molecular weight excluding hydrogens is 338 g/mol. The van der Waals surface area contributed by atoms with Crippen LogP contribution < -0.4 is 0 Å². The number of hydrogen-bond donors (Lipinski definition) is 0. The monoisotopic (exact) mass is 346 g/mol. The van der Waals surface area contributed by atoms with Gasteiger partial charge in [-0.3, -0.25) is 0 Å². The molecule has 1 unspecified atom stereocenters. The van der Waals surface area contributed by atoms with Crippen LogP contribution in [0.2, 0.25) is 10.0 Å². The third kappa shape index (κ3) is 2.87. The van der Waals surface area contributed by atoms with E-state index < -0.39 is 0 Å². The Hall–Kier alpha value is -0.570. The molecule has 2 rings (SSSR count). The van der Waals surface area contributed by atoms with E-state index in [-0.39, 0.29) is 10.6 Å². The molecule has 0 aromatic heterocycles. The fraction of sp³-hybridized carbons (Fsp3) is 0.143. The van der Waals surface area contributed by atoms with Crippen molar-refractivity contribution >= 4 is 39.1 Å². The maximum atomic E-state index is 13.2. The van der Waals surface area contributed by atoms with E-state index in [0.717, 1.165) is 11.1 Å². The highest BCUT2D eigenvalue weighted by atomic mass is 79.9. The highest BCUT2D eigenvalue weighted by Gasteiger charge is 2.15. The summed E-state index contributed by atoms with van der Waals surface area (Å²) in [5.41, 5.74) is 2.48. The van der Waals surface area contributed by atoms with Crippen LogP contribution in [0.3, 0.4) is 0 Å². The molecule has 4 heteroatoms. The molecule has 1 atom stereocenters. The minimum atomic E-state index is -0.208. The van der Waals surface area contributed by atoms with Crippen LogP contribution in [0.25, 0.3) is 0 Å². The summed E-state index contributed by atoms with van der Waals surface area (Å²) < 4.78 is 13.2. The smallest absolute Gasteiger partial charge is 0.126 e. The van der Waals surface area contributed by atoms with Gasteiger partial charge in [-0.15, -0.1) is 0 Å². The Bertz CT molecular complexity index is 584. The lowest BCUT2D eigenvalue weighted by atomic mass is 10.0. The molecule has 2 aromatic carbocycles. The third-order valence-electron chi connectivity index (χ3n) is 2.71. The van der Waals surface area contributed by atoms with Gasteiger partial charge in [0.2, 0.25) is 0 Å². The minimum absolute atomic E-state index is 0.0819. The molecule has 0 fully saturated rings. The average Bonchev–Trinajstić information content (AvgIpc) is 2.32.